The molecule has 2 rings (SSSR count). The van der Waals surface area contributed by atoms with Crippen molar-refractivity contribution in [1.82, 2.24) is 0 Å². The quantitative estimate of drug-likeness (QED) is 0.435. The van der Waals surface area contributed by atoms with Crippen LogP contribution < -0.4 is 0 Å². The molecule has 0 aromatic heterocycles. The maximum Gasteiger partial charge on any atom is 0.358 e. The Bertz CT molecular complexity index is 661. The molecule has 8 heteroatoms. The van der Waals surface area contributed by atoms with Crippen molar-refractivity contribution in [3.8, 4) is 0 Å². The lowest BCUT2D eigenvalue weighted by Gasteiger charge is -2.05. The van der Waals surface area contributed by atoms with E-state index in [-0.39, 0.29) is 34.6 Å². The summed E-state index contributed by atoms with van der Waals surface area (Å²) >= 11 is 0. The molecule has 0 spiro atoms. The predicted octanol–water partition coefficient (Wildman–Crippen LogP) is 1.07. The summed E-state index contributed by atoms with van der Waals surface area (Å²) in [7, 11) is -1.80. The van der Waals surface area contributed by atoms with Crippen molar-refractivity contribution in [2.45, 2.75) is 23.0 Å². The molecular weight excluding hydrogens is 310 g/mol. The van der Waals surface area contributed by atoms with E-state index < -0.39 is 15.8 Å². The molecule has 0 saturated heterocycles. The molecule has 1 aliphatic rings. The highest BCUT2D eigenvalue weighted by Gasteiger charge is 2.36. The van der Waals surface area contributed by atoms with Crippen LogP contribution in [0, 0.1) is 0 Å². The minimum Gasteiger partial charge on any atom is -0.476 e. The molecule has 0 bridgehead atoms. The highest BCUT2D eigenvalue weighted by Crippen LogP contribution is 2.33. The minimum absolute atomic E-state index is 0.126. The lowest BCUT2D eigenvalue weighted by atomic mass is 10.1. The van der Waals surface area contributed by atoms with Gasteiger partial charge in [-0.15, -0.1) is 0 Å². The third-order valence-electron chi connectivity index (χ3n) is 3.16. The first-order chi connectivity index (χ1) is 10.5. The molecule has 0 amide bonds. The smallest absolute Gasteiger partial charge is 0.358 e. The summed E-state index contributed by atoms with van der Waals surface area (Å²) in [5.41, 5.74) is -0.00821. The van der Waals surface area contributed by atoms with Gasteiger partial charge in [0.25, 0.3) is 0 Å². The zero-order chi connectivity index (χ0) is 16.2. The zero-order valence-electron chi connectivity index (χ0n) is 12.1. The van der Waals surface area contributed by atoms with E-state index in [0.29, 0.717) is 12.8 Å². The van der Waals surface area contributed by atoms with Crippen molar-refractivity contribution in [3.05, 3.63) is 29.8 Å². The number of carboxylic acids is 1. The van der Waals surface area contributed by atoms with Crippen molar-refractivity contribution in [2.24, 2.45) is 5.16 Å². The van der Waals surface area contributed by atoms with Crippen LogP contribution in [0.2, 0.25) is 0 Å². The molecule has 120 valence electrons. The minimum atomic E-state index is -3.29. The second-order valence-electron chi connectivity index (χ2n) is 4.84. The monoisotopic (exact) mass is 327 g/mol. The number of sulfone groups is 1. The maximum atomic E-state index is 12.1. The summed E-state index contributed by atoms with van der Waals surface area (Å²) < 4.78 is 28.9. The number of methoxy groups -OCH3 is 1. The average molecular weight is 327 g/mol. The number of carboxylic acid groups (broad SMARTS) is 1. The molecule has 0 atom stereocenters. The van der Waals surface area contributed by atoms with Gasteiger partial charge in [-0.2, -0.15) is 0 Å². The van der Waals surface area contributed by atoms with Gasteiger partial charge in [-0.05, 0) is 25.0 Å². The van der Waals surface area contributed by atoms with E-state index in [9.17, 15) is 13.2 Å². The summed E-state index contributed by atoms with van der Waals surface area (Å²) in [6, 6.07) is 5.64. The van der Waals surface area contributed by atoms with Gasteiger partial charge in [-0.1, -0.05) is 17.3 Å². The first kappa shape index (κ1) is 16.4. The van der Waals surface area contributed by atoms with Crippen LogP contribution in [-0.2, 0) is 24.2 Å². The molecule has 1 saturated carbocycles. The number of carbonyl (C=O) groups is 1. The Labute approximate surface area is 128 Å². The van der Waals surface area contributed by atoms with Crippen LogP contribution in [0.3, 0.4) is 0 Å². The topological polar surface area (TPSA) is 102 Å². The van der Waals surface area contributed by atoms with Crippen molar-refractivity contribution in [2.75, 3.05) is 20.3 Å². The summed E-state index contributed by atoms with van der Waals surface area (Å²) in [5, 5.41) is 12.4. The Morgan fingerprint density at radius 2 is 1.91 bits per heavy atom. The lowest BCUT2D eigenvalue weighted by Crippen LogP contribution is -2.16. The van der Waals surface area contributed by atoms with Crippen LogP contribution in [0.5, 0.6) is 0 Å². The van der Waals surface area contributed by atoms with Gasteiger partial charge in [0.05, 0.1) is 16.8 Å². The predicted molar refractivity (Wildman–Crippen MR) is 78.7 cm³/mol. The fourth-order valence-electron chi connectivity index (χ4n) is 1.82. The van der Waals surface area contributed by atoms with E-state index in [1.807, 2.05) is 0 Å². The van der Waals surface area contributed by atoms with Gasteiger partial charge in [0.2, 0.25) is 0 Å². The lowest BCUT2D eigenvalue weighted by molar-refractivity contribution is -0.129. The van der Waals surface area contributed by atoms with Crippen molar-refractivity contribution in [3.63, 3.8) is 0 Å². The number of ether oxygens (including phenoxy) is 1. The number of hydrogen-bond donors (Lipinski definition) is 1. The molecule has 1 aliphatic carbocycles. The first-order valence-electron chi connectivity index (χ1n) is 6.73. The molecule has 22 heavy (non-hydrogen) atoms. The number of hydrogen-bond acceptors (Lipinski definition) is 6. The molecule has 1 aromatic rings. The highest BCUT2D eigenvalue weighted by atomic mass is 32.2. The van der Waals surface area contributed by atoms with Gasteiger partial charge in [-0.25, -0.2) is 13.2 Å². The van der Waals surface area contributed by atoms with Gasteiger partial charge in [0, 0.05) is 12.7 Å². The van der Waals surface area contributed by atoms with Gasteiger partial charge in [0.15, 0.2) is 15.5 Å². The Balaban J connectivity index is 2.17. The summed E-state index contributed by atoms with van der Waals surface area (Å²) in [6.45, 7) is 0.413. The summed E-state index contributed by atoms with van der Waals surface area (Å²) in [4.78, 5) is 16.3. The fraction of sp³-hybridized carbons (Fsp3) is 0.429. The SMILES string of the molecule is COCCO/N=C(/C(=O)O)c1ccc(S(=O)(=O)C2CC2)cc1. The number of nitrogens with zero attached hydrogens (tertiary/aromatic N) is 1. The fourth-order valence-corrected chi connectivity index (χ4v) is 3.48. The van der Waals surface area contributed by atoms with Gasteiger partial charge in [-0.3, -0.25) is 0 Å². The molecule has 0 unspecified atom stereocenters. The van der Waals surface area contributed by atoms with Gasteiger partial charge < -0.3 is 14.7 Å². The van der Waals surface area contributed by atoms with E-state index in [0.717, 1.165) is 0 Å². The van der Waals surface area contributed by atoms with Crippen LogP contribution in [0.4, 0.5) is 0 Å². The van der Waals surface area contributed by atoms with E-state index in [2.05, 4.69) is 5.16 Å². The number of aliphatic carboxylic acids is 1. The maximum absolute atomic E-state index is 12.1. The van der Waals surface area contributed by atoms with Crippen LogP contribution in [0.25, 0.3) is 0 Å². The van der Waals surface area contributed by atoms with E-state index in [1.54, 1.807) is 0 Å². The number of benzene rings is 1. The standard InChI is InChI=1S/C14H17NO6S/c1-20-8-9-21-15-13(14(16)17)10-2-4-11(5-3-10)22(18,19)12-6-7-12/h2-5,12H,6-9H2,1H3,(H,16,17)/b15-13+. The molecule has 1 N–H and O–H groups in total. The second kappa shape index (κ2) is 6.89. The molecule has 0 aliphatic heterocycles. The molecule has 1 aromatic carbocycles. The second-order valence-corrected chi connectivity index (χ2v) is 7.07. The Morgan fingerprint density at radius 3 is 2.41 bits per heavy atom. The van der Waals surface area contributed by atoms with Crippen molar-refractivity contribution >= 4 is 21.5 Å². The van der Waals surface area contributed by atoms with Crippen LogP contribution in [-0.4, -0.2) is 50.8 Å². The third kappa shape index (κ3) is 3.83. The summed E-state index contributed by atoms with van der Waals surface area (Å²) in [5.74, 6) is -1.25. The molecule has 1 fully saturated rings. The molecular formula is C14H17NO6S. The van der Waals surface area contributed by atoms with Crippen LogP contribution >= 0.6 is 0 Å². The van der Waals surface area contributed by atoms with E-state index >= 15 is 0 Å². The molecule has 7 nitrogen and oxygen atoms in total. The van der Waals surface area contributed by atoms with E-state index in [1.165, 1.54) is 31.4 Å². The third-order valence-corrected chi connectivity index (χ3v) is 5.43. The van der Waals surface area contributed by atoms with Crippen LogP contribution in [0.15, 0.2) is 34.3 Å². The Morgan fingerprint density at radius 1 is 1.27 bits per heavy atom. The zero-order valence-corrected chi connectivity index (χ0v) is 12.9. The largest absolute Gasteiger partial charge is 0.476 e. The average Bonchev–Trinajstić information content (AvgIpc) is 3.32. The van der Waals surface area contributed by atoms with E-state index in [4.69, 9.17) is 14.7 Å². The number of rotatable bonds is 8. The molecule has 0 radical (unpaired) electrons. The first-order valence-corrected chi connectivity index (χ1v) is 8.28. The van der Waals surface area contributed by atoms with Crippen molar-refractivity contribution in [1.29, 1.82) is 0 Å². The van der Waals surface area contributed by atoms with Crippen molar-refractivity contribution < 1.29 is 27.9 Å². The number of oxime groups is 1. The van der Waals surface area contributed by atoms with Crippen LogP contribution in [0.1, 0.15) is 18.4 Å². The summed E-state index contributed by atoms with van der Waals surface area (Å²) in [6.07, 6.45) is 1.36. The Hall–Kier alpha value is -1.93. The normalized spacial score (nSPS) is 15.6. The van der Waals surface area contributed by atoms with Gasteiger partial charge >= 0.3 is 5.97 Å². The highest BCUT2D eigenvalue weighted by molar-refractivity contribution is 7.92. The Kier molecular flexibility index (Phi) is 5.15. The molecule has 0 heterocycles. The van der Waals surface area contributed by atoms with Gasteiger partial charge in [0.1, 0.15) is 6.61 Å².